The van der Waals surface area contributed by atoms with E-state index in [9.17, 15) is 0 Å². The minimum Gasteiger partial charge on any atom is -0.374 e. The van der Waals surface area contributed by atoms with Crippen LogP contribution in [0.4, 0.5) is 0 Å². The highest BCUT2D eigenvalue weighted by atomic mass is 35.5. The van der Waals surface area contributed by atoms with E-state index in [1.165, 1.54) is 12.8 Å². The Kier molecular flexibility index (Phi) is 3.81. The SMILES string of the molecule is Clc1cccc(/C=C/C2CCCCO2)c1. The molecule has 0 saturated carbocycles. The predicted molar refractivity (Wildman–Crippen MR) is 64.1 cm³/mol. The van der Waals surface area contributed by atoms with E-state index >= 15 is 0 Å². The lowest BCUT2D eigenvalue weighted by atomic mass is 10.1. The van der Waals surface area contributed by atoms with Crippen LogP contribution in [-0.4, -0.2) is 12.7 Å². The van der Waals surface area contributed by atoms with Gasteiger partial charge in [-0.2, -0.15) is 0 Å². The van der Waals surface area contributed by atoms with Gasteiger partial charge in [0.1, 0.15) is 0 Å². The molecule has 80 valence electrons. The van der Waals surface area contributed by atoms with Gasteiger partial charge >= 0.3 is 0 Å². The van der Waals surface area contributed by atoms with Crippen LogP contribution in [0.15, 0.2) is 30.3 Å². The van der Waals surface area contributed by atoms with E-state index < -0.39 is 0 Å². The number of hydrogen-bond donors (Lipinski definition) is 0. The first-order valence-corrected chi connectivity index (χ1v) is 5.78. The molecule has 0 aromatic heterocycles. The van der Waals surface area contributed by atoms with E-state index in [4.69, 9.17) is 16.3 Å². The van der Waals surface area contributed by atoms with Gasteiger partial charge in [0.25, 0.3) is 0 Å². The van der Waals surface area contributed by atoms with Crippen LogP contribution in [0.3, 0.4) is 0 Å². The Labute approximate surface area is 95.7 Å². The third-order valence-corrected chi connectivity index (χ3v) is 2.80. The zero-order valence-electron chi connectivity index (χ0n) is 8.66. The molecule has 1 unspecified atom stereocenters. The predicted octanol–water partition coefficient (Wildman–Crippen LogP) is 3.92. The normalized spacial score (nSPS) is 22.1. The maximum absolute atomic E-state index is 5.90. The summed E-state index contributed by atoms with van der Waals surface area (Å²) in [5.41, 5.74) is 1.14. The van der Waals surface area contributed by atoms with Gasteiger partial charge in [-0.15, -0.1) is 0 Å². The molecule has 1 heterocycles. The standard InChI is InChI=1S/C13H15ClO/c14-12-5-3-4-11(10-12)7-8-13-6-1-2-9-15-13/h3-5,7-8,10,13H,1-2,6,9H2/b8-7+. The van der Waals surface area contributed by atoms with Crippen LogP contribution < -0.4 is 0 Å². The molecule has 1 fully saturated rings. The first-order chi connectivity index (χ1) is 7.34. The lowest BCUT2D eigenvalue weighted by Gasteiger charge is -2.19. The molecule has 1 atom stereocenters. The van der Waals surface area contributed by atoms with Crippen LogP contribution >= 0.6 is 11.6 Å². The number of hydrogen-bond acceptors (Lipinski definition) is 1. The molecule has 0 bridgehead atoms. The Balaban J connectivity index is 1.97. The van der Waals surface area contributed by atoms with Crippen molar-refractivity contribution in [2.75, 3.05) is 6.61 Å². The smallest absolute Gasteiger partial charge is 0.0759 e. The summed E-state index contributed by atoms with van der Waals surface area (Å²) in [6.45, 7) is 0.893. The average molecular weight is 223 g/mol. The zero-order valence-corrected chi connectivity index (χ0v) is 9.41. The number of ether oxygens (including phenoxy) is 1. The fourth-order valence-electron chi connectivity index (χ4n) is 1.75. The van der Waals surface area contributed by atoms with Gasteiger partial charge in [-0.3, -0.25) is 0 Å². The summed E-state index contributed by atoms with van der Waals surface area (Å²) in [6.07, 6.45) is 8.10. The minimum atomic E-state index is 0.290. The van der Waals surface area contributed by atoms with Crippen LogP contribution in [0.1, 0.15) is 24.8 Å². The van der Waals surface area contributed by atoms with Gasteiger partial charge in [0.2, 0.25) is 0 Å². The van der Waals surface area contributed by atoms with Crippen molar-refractivity contribution in [3.63, 3.8) is 0 Å². The molecule has 0 spiro atoms. The zero-order chi connectivity index (χ0) is 10.5. The Morgan fingerprint density at radius 1 is 1.33 bits per heavy atom. The van der Waals surface area contributed by atoms with Gasteiger partial charge in [0, 0.05) is 11.6 Å². The highest BCUT2D eigenvalue weighted by Crippen LogP contribution is 2.16. The van der Waals surface area contributed by atoms with E-state index in [-0.39, 0.29) is 6.10 Å². The van der Waals surface area contributed by atoms with E-state index in [2.05, 4.69) is 12.2 Å². The summed E-state index contributed by atoms with van der Waals surface area (Å²) in [4.78, 5) is 0. The number of benzene rings is 1. The Morgan fingerprint density at radius 3 is 3.00 bits per heavy atom. The van der Waals surface area contributed by atoms with E-state index in [0.29, 0.717) is 0 Å². The molecule has 2 rings (SSSR count). The summed E-state index contributed by atoms with van der Waals surface area (Å²) in [7, 11) is 0. The van der Waals surface area contributed by atoms with Crippen LogP contribution in [0, 0.1) is 0 Å². The minimum absolute atomic E-state index is 0.290. The molecule has 15 heavy (non-hydrogen) atoms. The molecule has 0 radical (unpaired) electrons. The number of halogens is 1. The van der Waals surface area contributed by atoms with Crippen molar-refractivity contribution in [1.82, 2.24) is 0 Å². The van der Waals surface area contributed by atoms with Crippen LogP contribution in [0.25, 0.3) is 6.08 Å². The fourth-order valence-corrected chi connectivity index (χ4v) is 1.94. The van der Waals surface area contributed by atoms with Crippen molar-refractivity contribution in [1.29, 1.82) is 0 Å². The third-order valence-electron chi connectivity index (χ3n) is 2.57. The summed E-state index contributed by atoms with van der Waals surface area (Å²) >= 11 is 5.90. The summed E-state index contributed by atoms with van der Waals surface area (Å²) in [5, 5.41) is 0.779. The molecular weight excluding hydrogens is 208 g/mol. The van der Waals surface area contributed by atoms with Crippen LogP contribution in [0.5, 0.6) is 0 Å². The van der Waals surface area contributed by atoms with Gasteiger partial charge in [-0.25, -0.2) is 0 Å². The van der Waals surface area contributed by atoms with Crippen molar-refractivity contribution in [3.8, 4) is 0 Å². The summed E-state index contributed by atoms with van der Waals surface area (Å²) < 4.78 is 5.61. The summed E-state index contributed by atoms with van der Waals surface area (Å²) in [5.74, 6) is 0. The molecule has 0 N–H and O–H groups in total. The molecule has 1 nitrogen and oxygen atoms in total. The third kappa shape index (κ3) is 3.37. The number of rotatable bonds is 2. The maximum Gasteiger partial charge on any atom is 0.0759 e. The van der Waals surface area contributed by atoms with E-state index in [1.54, 1.807) is 0 Å². The highest BCUT2D eigenvalue weighted by Gasteiger charge is 2.09. The maximum atomic E-state index is 5.90. The van der Waals surface area contributed by atoms with Crippen molar-refractivity contribution >= 4 is 17.7 Å². The fraction of sp³-hybridized carbons (Fsp3) is 0.385. The molecule has 1 aliphatic heterocycles. The quantitative estimate of drug-likeness (QED) is 0.737. The van der Waals surface area contributed by atoms with E-state index in [1.807, 2.05) is 24.3 Å². The van der Waals surface area contributed by atoms with Crippen molar-refractivity contribution < 1.29 is 4.74 Å². The van der Waals surface area contributed by atoms with Crippen LogP contribution in [0.2, 0.25) is 5.02 Å². The average Bonchev–Trinajstić information content (AvgIpc) is 2.28. The second kappa shape index (κ2) is 5.34. The topological polar surface area (TPSA) is 9.23 Å². The van der Waals surface area contributed by atoms with Crippen molar-refractivity contribution in [2.45, 2.75) is 25.4 Å². The van der Waals surface area contributed by atoms with Gasteiger partial charge in [0.15, 0.2) is 0 Å². The molecule has 1 aliphatic rings. The molecular formula is C13H15ClO. The van der Waals surface area contributed by atoms with Gasteiger partial charge in [-0.05, 0) is 37.0 Å². The monoisotopic (exact) mass is 222 g/mol. The lowest BCUT2D eigenvalue weighted by Crippen LogP contribution is -2.15. The molecule has 2 heteroatoms. The molecule has 0 aliphatic carbocycles. The largest absolute Gasteiger partial charge is 0.374 e. The van der Waals surface area contributed by atoms with Crippen LogP contribution in [-0.2, 0) is 4.74 Å². The second-order valence-electron chi connectivity index (χ2n) is 3.82. The first kappa shape index (κ1) is 10.7. The molecule has 0 amide bonds. The van der Waals surface area contributed by atoms with Gasteiger partial charge in [0.05, 0.1) is 6.10 Å². The molecule has 1 aromatic rings. The lowest BCUT2D eigenvalue weighted by molar-refractivity contribution is 0.0471. The Morgan fingerprint density at radius 2 is 2.27 bits per heavy atom. The Bertz CT molecular complexity index is 340. The van der Waals surface area contributed by atoms with Gasteiger partial charge < -0.3 is 4.74 Å². The summed E-state index contributed by atoms with van der Waals surface area (Å²) in [6, 6.07) is 7.85. The van der Waals surface area contributed by atoms with Crippen molar-refractivity contribution in [3.05, 3.63) is 40.9 Å². The van der Waals surface area contributed by atoms with E-state index in [0.717, 1.165) is 23.6 Å². The van der Waals surface area contributed by atoms with Gasteiger partial charge in [-0.1, -0.05) is 35.9 Å². The molecule has 1 saturated heterocycles. The Hall–Kier alpha value is -0.790. The highest BCUT2D eigenvalue weighted by molar-refractivity contribution is 6.30. The second-order valence-corrected chi connectivity index (χ2v) is 4.26. The first-order valence-electron chi connectivity index (χ1n) is 5.40. The molecule has 1 aromatic carbocycles. The van der Waals surface area contributed by atoms with Crippen molar-refractivity contribution in [2.24, 2.45) is 0 Å².